The SMILES string of the molecule is COc1cccc(OCc2nc(Cc3ccccc3)c(C(=O)O)s2)c1. The maximum absolute atomic E-state index is 11.5. The van der Waals surface area contributed by atoms with Crippen LogP contribution in [0.3, 0.4) is 0 Å². The molecule has 1 aromatic heterocycles. The maximum atomic E-state index is 11.5. The third-order valence-electron chi connectivity index (χ3n) is 3.55. The van der Waals surface area contributed by atoms with Crippen LogP contribution in [0.2, 0.25) is 0 Å². The van der Waals surface area contributed by atoms with Crippen LogP contribution in [0, 0.1) is 0 Å². The molecule has 0 atom stereocenters. The highest BCUT2D eigenvalue weighted by Gasteiger charge is 2.18. The molecular weight excluding hydrogens is 338 g/mol. The molecule has 0 fully saturated rings. The Bertz CT molecular complexity index is 861. The number of aromatic carboxylic acids is 1. The number of hydrogen-bond donors (Lipinski definition) is 1. The van der Waals surface area contributed by atoms with Gasteiger partial charge >= 0.3 is 5.97 Å². The number of thiazole rings is 1. The normalized spacial score (nSPS) is 10.4. The number of aromatic nitrogens is 1. The molecule has 0 unspecified atom stereocenters. The van der Waals surface area contributed by atoms with Crippen LogP contribution < -0.4 is 9.47 Å². The van der Waals surface area contributed by atoms with Crippen molar-refractivity contribution in [1.82, 2.24) is 4.98 Å². The minimum absolute atomic E-state index is 0.215. The lowest BCUT2D eigenvalue weighted by molar-refractivity contribution is 0.0701. The average molecular weight is 355 g/mol. The van der Waals surface area contributed by atoms with E-state index in [0.717, 1.165) is 16.9 Å². The first-order valence-electron chi connectivity index (χ1n) is 7.68. The average Bonchev–Trinajstić information content (AvgIpc) is 3.04. The first-order chi connectivity index (χ1) is 12.2. The largest absolute Gasteiger partial charge is 0.497 e. The summed E-state index contributed by atoms with van der Waals surface area (Å²) in [7, 11) is 1.59. The molecule has 128 valence electrons. The molecule has 0 aliphatic carbocycles. The molecule has 0 saturated carbocycles. The predicted molar refractivity (Wildman–Crippen MR) is 95.6 cm³/mol. The van der Waals surface area contributed by atoms with E-state index in [1.54, 1.807) is 13.2 Å². The van der Waals surface area contributed by atoms with E-state index >= 15 is 0 Å². The zero-order valence-corrected chi connectivity index (χ0v) is 14.5. The summed E-state index contributed by atoms with van der Waals surface area (Å²) in [6, 6.07) is 16.9. The lowest BCUT2D eigenvalue weighted by Crippen LogP contribution is -2.00. The molecule has 2 aromatic carbocycles. The summed E-state index contributed by atoms with van der Waals surface area (Å²) in [5, 5.41) is 10.1. The topological polar surface area (TPSA) is 68.7 Å². The first-order valence-corrected chi connectivity index (χ1v) is 8.50. The Balaban J connectivity index is 1.75. The number of ether oxygens (including phenoxy) is 2. The number of rotatable bonds is 7. The summed E-state index contributed by atoms with van der Waals surface area (Å²) < 4.78 is 10.9. The number of methoxy groups -OCH3 is 1. The van der Waals surface area contributed by atoms with Crippen molar-refractivity contribution in [2.75, 3.05) is 7.11 Å². The number of nitrogens with zero attached hydrogens (tertiary/aromatic N) is 1. The van der Waals surface area contributed by atoms with Gasteiger partial charge in [-0.25, -0.2) is 9.78 Å². The second kappa shape index (κ2) is 7.81. The summed E-state index contributed by atoms with van der Waals surface area (Å²) >= 11 is 1.15. The molecule has 0 aliphatic rings. The van der Waals surface area contributed by atoms with E-state index in [0.29, 0.717) is 28.6 Å². The molecule has 3 aromatic rings. The van der Waals surface area contributed by atoms with Gasteiger partial charge in [-0.15, -0.1) is 11.3 Å². The second-order valence-corrected chi connectivity index (χ2v) is 6.40. The fraction of sp³-hybridized carbons (Fsp3) is 0.158. The van der Waals surface area contributed by atoms with Crippen LogP contribution in [0.15, 0.2) is 54.6 Å². The Labute approximate surface area is 149 Å². The molecule has 6 heteroatoms. The van der Waals surface area contributed by atoms with E-state index in [1.165, 1.54) is 0 Å². The third kappa shape index (κ3) is 4.36. The highest BCUT2D eigenvalue weighted by Crippen LogP contribution is 2.24. The number of hydrogen-bond acceptors (Lipinski definition) is 5. The van der Waals surface area contributed by atoms with Gasteiger partial charge in [0, 0.05) is 12.5 Å². The Morgan fingerprint density at radius 3 is 2.60 bits per heavy atom. The minimum atomic E-state index is -0.962. The smallest absolute Gasteiger partial charge is 0.347 e. The van der Waals surface area contributed by atoms with E-state index in [-0.39, 0.29) is 11.5 Å². The Morgan fingerprint density at radius 1 is 1.12 bits per heavy atom. The second-order valence-electron chi connectivity index (χ2n) is 5.32. The molecular formula is C19H17NO4S. The van der Waals surface area contributed by atoms with Gasteiger partial charge in [0.15, 0.2) is 0 Å². The van der Waals surface area contributed by atoms with E-state index in [4.69, 9.17) is 9.47 Å². The third-order valence-corrected chi connectivity index (χ3v) is 4.61. The fourth-order valence-electron chi connectivity index (χ4n) is 2.37. The van der Waals surface area contributed by atoms with Gasteiger partial charge in [0.05, 0.1) is 12.8 Å². The molecule has 0 amide bonds. The minimum Gasteiger partial charge on any atom is -0.497 e. The molecule has 0 bridgehead atoms. The van der Waals surface area contributed by atoms with Crippen LogP contribution in [0.25, 0.3) is 0 Å². The van der Waals surface area contributed by atoms with Crippen LogP contribution in [-0.4, -0.2) is 23.2 Å². The molecule has 3 rings (SSSR count). The van der Waals surface area contributed by atoms with Crippen molar-refractivity contribution in [2.45, 2.75) is 13.0 Å². The summed E-state index contributed by atoms with van der Waals surface area (Å²) in [6.07, 6.45) is 0.484. The Hall–Kier alpha value is -2.86. The number of benzene rings is 2. The number of carbonyl (C=O) groups is 1. The molecule has 0 aliphatic heterocycles. The highest BCUT2D eigenvalue weighted by molar-refractivity contribution is 7.13. The zero-order valence-electron chi connectivity index (χ0n) is 13.6. The molecule has 1 N–H and O–H groups in total. The van der Waals surface area contributed by atoms with Crippen LogP contribution in [0.5, 0.6) is 11.5 Å². The van der Waals surface area contributed by atoms with Crippen LogP contribution in [0.4, 0.5) is 0 Å². The highest BCUT2D eigenvalue weighted by atomic mass is 32.1. The van der Waals surface area contributed by atoms with E-state index < -0.39 is 5.97 Å². The van der Waals surface area contributed by atoms with Crippen molar-refractivity contribution in [3.8, 4) is 11.5 Å². The van der Waals surface area contributed by atoms with E-state index in [2.05, 4.69) is 4.98 Å². The molecule has 1 heterocycles. The predicted octanol–water partition coefficient (Wildman–Crippen LogP) is 4.02. The Morgan fingerprint density at radius 2 is 1.88 bits per heavy atom. The molecule has 0 radical (unpaired) electrons. The van der Waals surface area contributed by atoms with Crippen molar-refractivity contribution >= 4 is 17.3 Å². The lowest BCUT2D eigenvalue weighted by atomic mass is 10.1. The Kier molecular flexibility index (Phi) is 5.30. The molecule has 0 saturated heterocycles. The van der Waals surface area contributed by atoms with Crippen LogP contribution in [-0.2, 0) is 13.0 Å². The summed E-state index contributed by atoms with van der Waals surface area (Å²) in [5.41, 5.74) is 1.59. The number of carboxylic acid groups (broad SMARTS) is 1. The molecule has 5 nitrogen and oxygen atoms in total. The van der Waals surface area contributed by atoms with Gasteiger partial charge in [-0.1, -0.05) is 36.4 Å². The molecule has 0 spiro atoms. The van der Waals surface area contributed by atoms with Crippen molar-refractivity contribution in [3.63, 3.8) is 0 Å². The summed E-state index contributed by atoms with van der Waals surface area (Å²) in [5.74, 6) is 0.389. The van der Waals surface area contributed by atoms with Crippen molar-refractivity contribution < 1.29 is 19.4 Å². The van der Waals surface area contributed by atoms with Gasteiger partial charge in [-0.2, -0.15) is 0 Å². The zero-order chi connectivity index (χ0) is 17.6. The first kappa shape index (κ1) is 17.0. The van der Waals surface area contributed by atoms with Crippen LogP contribution >= 0.6 is 11.3 Å². The number of carboxylic acids is 1. The van der Waals surface area contributed by atoms with Crippen LogP contribution in [0.1, 0.15) is 25.9 Å². The van der Waals surface area contributed by atoms with Gasteiger partial charge in [-0.3, -0.25) is 0 Å². The fourth-order valence-corrected chi connectivity index (χ4v) is 3.21. The van der Waals surface area contributed by atoms with Crippen molar-refractivity contribution in [2.24, 2.45) is 0 Å². The van der Waals surface area contributed by atoms with Gasteiger partial charge in [0.25, 0.3) is 0 Å². The summed E-state index contributed by atoms with van der Waals surface area (Å²) in [6.45, 7) is 0.215. The van der Waals surface area contributed by atoms with Gasteiger partial charge in [-0.05, 0) is 17.7 Å². The monoisotopic (exact) mass is 355 g/mol. The van der Waals surface area contributed by atoms with Gasteiger partial charge in [0.2, 0.25) is 0 Å². The quantitative estimate of drug-likeness (QED) is 0.693. The van der Waals surface area contributed by atoms with Gasteiger partial charge in [0.1, 0.15) is 28.0 Å². The maximum Gasteiger partial charge on any atom is 0.347 e. The van der Waals surface area contributed by atoms with Crippen molar-refractivity contribution in [1.29, 1.82) is 0 Å². The van der Waals surface area contributed by atoms with E-state index in [1.807, 2.05) is 48.5 Å². The standard InChI is InChI=1S/C19H17NO4S/c1-23-14-8-5-9-15(11-14)24-12-17-20-16(18(25-17)19(21)22)10-13-6-3-2-4-7-13/h2-9,11H,10,12H2,1H3,(H,21,22). The van der Waals surface area contributed by atoms with Crippen molar-refractivity contribution in [3.05, 3.63) is 75.7 Å². The van der Waals surface area contributed by atoms with E-state index in [9.17, 15) is 9.90 Å². The molecule has 25 heavy (non-hydrogen) atoms. The van der Waals surface area contributed by atoms with Gasteiger partial charge < -0.3 is 14.6 Å². The lowest BCUT2D eigenvalue weighted by Gasteiger charge is -2.05. The summed E-state index contributed by atoms with van der Waals surface area (Å²) in [4.78, 5) is 16.2.